The zero-order chi connectivity index (χ0) is 17.8. The standard InChI is InChI=1S/C20H26N4O2/c1-16-6-7-19(23-22-16)24-11-8-18-20(14-24,9-4-12-26-18)15-25-13-17-5-2-3-10-21-17/h2-3,5-7,10,18H,4,8-9,11-15H2,1H3/t18-,20+/m1/s1. The molecule has 2 saturated heterocycles. The number of anilines is 1. The maximum atomic E-state index is 6.13. The lowest BCUT2D eigenvalue weighted by Crippen LogP contribution is -2.57. The van der Waals surface area contributed by atoms with E-state index in [0.29, 0.717) is 13.2 Å². The molecule has 138 valence electrons. The highest BCUT2D eigenvalue weighted by atomic mass is 16.5. The van der Waals surface area contributed by atoms with Gasteiger partial charge in [0, 0.05) is 31.3 Å². The van der Waals surface area contributed by atoms with Crippen molar-refractivity contribution in [1.82, 2.24) is 15.2 Å². The number of hydrogen-bond donors (Lipinski definition) is 0. The lowest BCUT2D eigenvalue weighted by Gasteiger charge is -2.50. The van der Waals surface area contributed by atoms with Gasteiger partial charge in [-0.15, -0.1) is 5.10 Å². The monoisotopic (exact) mass is 354 g/mol. The Bertz CT molecular complexity index is 710. The summed E-state index contributed by atoms with van der Waals surface area (Å²) in [6, 6.07) is 10.0. The van der Waals surface area contributed by atoms with Crippen LogP contribution in [0.3, 0.4) is 0 Å². The SMILES string of the molecule is Cc1ccc(N2CC[C@H]3OCCC[C@@]3(COCc3ccccn3)C2)nn1. The number of hydrogen-bond acceptors (Lipinski definition) is 6. The fraction of sp³-hybridized carbons (Fsp3) is 0.550. The molecule has 0 spiro atoms. The van der Waals surface area contributed by atoms with Crippen molar-refractivity contribution in [2.24, 2.45) is 5.41 Å². The van der Waals surface area contributed by atoms with Crippen LogP contribution in [0, 0.1) is 12.3 Å². The largest absolute Gasteiger partial charge is 0.377 e. The van der Waals surface area contributed by atoms with Crippen molar-refractivity contribution in [1.29, 1.82) is 0 Å². The molecule has 2 atom stereocenters. The summed E-state index contributed by atoms with van der Waals surface area (Å²) in [4.78, 5) is 6.68. The van der Waals surface area contributed by atoms with Crippen LogP contribution in [0.2, 0.25) is 0 Å². The summed E-state index contributed by atoms with van der Waals surface area (Å²) in [7, 11) is 0. The number of rotatable bonds is 5. The van der Waals surface area contributed by atoms with E-state index in [2.05, 4.69) is 26.1 Å². The molecular formula is C20H26N4O2. The van der Waals surface area contributed by atoms with E-state index in [9.17, 15) is 0 Å². The Kier molecular flexibility index (Phi) is 5.13. The van der Waals surface area contributed by atoms with E-state index in [1.165, 1.54) is 0 Å². The quantitative estimate of drug-likeness (QED) is 0.823. The average Bonchev–Trinajstić information content (AvgIpc) is 2.69. The number of fused-ring (bicyclic) bond motifs is 1. The topological polar surface area (TPSA) is 60.4 Å². The zero-order valence-corrected chi connectivity index (χ0v) is 15.3. The predicted octanol–water partition coefficient (Wildman–Crippen LogP) is 2.77. The van der Waals surface area contributed by atoms with Crippen molar-refractivity contribution >= 4 is 5.82 Å². The Labute approximate surface area is 154 Å². The van der Waals surface area contributed by atoms with Crippen molar-refractivity contribution in [3.8, 4) is 0 Å². The van der Waals surface area contributed by atoms with E-state index in [4.69, 9.17) is 9.47 Å². The Balaban J connectivity index is 1.46. The first-order valence-corrected chi connectivity index (χ1v) is 9.40. The van der Waals surface area contributed by atoms with Crippen LogP contribution in [-0.2, 0) is 16.1 Å². The van der Waals surface area contributed by atoms with E-state index < -0.39 is 0 Å². The van der Waals surface area contributed by atoms with Crippen LogP contribution in [0.4, 0.5) is 5.82 Å². The van der Waals surface area contributed by atoms with Crippen LogP contribution in [0.15, 0.2) is 36.5 Å². The first-order valence-electron chi connectivity index (χ1n) is 9.40. The van der Waals surface area contributed by atoms with Crippen LogP contribution in [0.1, 0.15) is 30.7 Å². The number of piperidine rings is 1. The molecule has 0 bridgehead atoms. The maximum absolute atomic E-state index is 6.13. The molecule has 0 radical (unpaired) electrons. The van der Waals surface area contributed by atoms with Crippen LogP contribution in [0.25, 0.3) is 0 Å². The fourth-order valence-corrected chi connectivity index (χ4v) is 4.10. The molecule has 26 heavy (non-hydrogen) atoms. The van der Waals surface area contributed by atoms with E-state index in [0.717, 1.165) is 56.2 Å². The lowest BCUT2D eigenvalue weighted by molar-refractivity contribution is -0.127. The highest BCUT2D eigenvalue weighted by Crippen LogP contribution is 2.41. The molecule has 0 amide bonds. The van der Waals surface area contributed by atoms with Crippen LogP contribution >= 0.6 is 0 Å². The Morgan fingerprint density at radius 3 is 3.04 bits per heavy atom. The van der Waals surface area contributed by atoms with Gasteiger partial charge in [-0.05, 0) is 50.5 Å². The van der Waals surface area contributed by atoms with Gasteiger partial charge in [0.1, 0.15) is 0 Å². The minimum atomic E-state index is 0.0118. The van der Waals surface area contributed by atoms with Gasteiger partial charge in [0.15, 0.2) is 5.82 Å². The second-order valence-corrected chi connectivity index (χ2v) is 7.38. The van der Waals surface area contributed by atoms with E-state index >= 15 is 0 Å². The molecule has 2 fully saturated rings. The number of nitrogens with zero attached hydrogens (tertiary/aromatic N) is 4. The summed E-state index contributed by atoms with van der Waals surface area (Å²) in [5.74, 6) is 0.948. The highest BCUT2D eigenvalue weighted by molar-refractivity contribution is 5.39. The number of ether oxygens (including phenoxy) is 2. The normalized spacial score (nSPS) is 25.7. The first-order chi connectivity index (χ1) is 12.8. The third-order valence-corrected chi connectivity index (χ3v) is 5.46. The van der Waals surface area contributed by atoms with Gasteiger partial charge in [-0.3, -0.25) is 4.98 Å². The summed E-state index contributed by atoms with van der Waals surface area (Å²) in [5, 5.41) is 8.60. The summed E-state index contributed by atoms with van der Waals surface area (Å²) in [6.45, 7) is 5.90. The van der Waals surface area contributed by atoms with Gasteiger partial charge >= 0.3 is 0 Å². The number of aromatic nitrogens is 3. The lowest BCUT2D eigenvalue weighted by atomic mass is 9.73. The molecule has 0 aliphatic carbocycles. The minimum absolute atomic E-state index is 0.0118. The summed E-state index contributed by atoms with van der Waals surface area (Å²) in [6.07, 6.45) is 5.27. The van der Waals surface area contributed by atoms with Gasteiger partial charge in [-0.25, -0.2) is 0 Å². The van der Waals surface area contributed by atoms with Gasteiger partial charge < -0.3 is 14.4 Å². The van der Waals surface area contributed by atoms with Gasteiger partial charge in [0.05, 0.1) is 30.7 Å². The van der Waals surface area contributed by atoms with E-state index in [1.807, 2.05) is 37.4 Å². The van der Waals surface area contributed by atoms with Gasteiger partial charge in [0.2, 0.25) is 0 Å². The molecule has 0 saturated carbocycles. The van der Waals surface area contributed by atoms with Crippen LogP contribution < -0.4 is 4.90 Å². The number of aryl methyl sites for hydroxylation is 1. The van der Waals surface area contributed by atoms with Crippen LogP contribution in [-0.4, -0.2) is 47.6 Å². The van der Waals surface area contributed by atoms with Crippen molar-refractivity contribution in [3.05, 3.63) is 47.9 Å². The first kappa shape index (κ1) is 17.4. The summed E-state index contributed by atoms with van der Waals surface area (Å²) < 4.78 is 12.3. The Morgan fingerprint density at radius 1 is 1.27 bits per heavy atom. The maximum Gasteiger partial charge on any atom is 0.151 e. The molecule has 0 unspecified atom stereocenters. The predicted molar refractivity (Wildman–Crippen MR) is 98.9 cm³/mol. The van der Waals surface area contributed by atoms with Crippen molar-refractivity contribution in [3.63, 3.8) is 0 Å². The summed E-state index contributed by atoms with van der Waals surface area (Å²) in [5.41, 5.74) is 1.92. The minimum Gasteiger partial charge on any atom is -0.377 e. The zero-order valence-electron chi connectivity index (χ0n) is 15.3. The fourth-order valence-electron chi connectivity index (χ4n) is 4.10. The molecule has 2 aromatic heterocycles. The van der Waals surface area contributed by atoms with Crippen molar-refractivity contribution in [2.45, 2.75) is 38.9 Å². The Morgan fingerprint density at radius 2 is 2.23 bits per heavy atom. The highest BCUT2D eigenvalue weighted by Gasteiger charge is 2.46. The molecule has 0 N–H and O–H groups in total. The second-order valence-electron chi connectivity index (χ2n) is 7.38. The molecule has 2 aromatic rings. The van der Waals surface area contributed by atoms with Crippen molar-refractivity contribution < 1.29 is 9.47 Å². The van der Waals surface area contributed by atoms with Gasteiger partial charge in [0.25, 0.3) is 0 Å². The second kappa shape index (κ2) is 7.68. The molecule has 4 heterocycles. The number of pyridine rings is 1. The Hall–Kier alpha value is -2.05. The average molecular weight is 354 g/mol. The smallest absolute Gasteiger partial charge is 0.151 e. The van der Waals surface area contributed by atoms with Crippen LogP contribution in [0.5, 0.6) is 0 Å². The molecular weight excluding hydrogens is 328 g/mol. The van der Waals surface area contributed by atoms with Gasteiger partial charge in [-0.2, -0.15) is 5.10 Å². The molecule has 6 nitrogen and oxygen atoms in total. The molecule has 2 aliphatic heterocycles. The molecule has 6 heteroatoms. The van der Waals surface area contributed by atoms with Gasteiger partial charge in [-0.1, -0.05) is 6.07 Å². The third kappa shape index (κ3) is 3.71. The van der Waals surface area contributed by atoms with Crippen molar-refractivity contribution in [2.75, 3.05) is 31.2 Å². The summed E-state index contributed by atoms with van der Waals surface area (Å²) >= 11 is 0. The van der Waals surface area contributed by atoms with E-state index in [1.54, 1.807) is 0 Å². The molecule has 2 aliphatic rings. The molecule has 4 rings (SSSR count). The third-order valence-electron chi connectivity index (χ3n) is 5.46. The van der Waals surface area contributed by atoms with E-state index in [-0.39, 0.29) is 11.5 Å². The molecule has 0 aromatic carbocycles.